The molecule has 0 bridgehead atoms. The summed E-state index contributed by atoms with van der Waals surface area (Å²) in [4.78, 5) is 71.9. The zero-order valence-electron chi connectivity index (χ0n) is 23.3. The van der Waals surface area contributed by atoms with E-state index in [1.54, 1.807) is 24.3 Å². The summed E-state index contributed by atoms with van der Waals surface area (Å²) in [5, 5.41) is 8.08. The van der Waals surface area contributed by atoms with Gasteiger partial charge in [-0.1, -0.05) is 26.0 Å². The van der Waals surface area contributed by atoms with Crippen LogP contribution in [0.15, 0.2) is 24.3 Å². The third-order valence-electron chi connectivity index (χ3n) is 6.02. The lowest BCUT2D eigenvalue weighted by atomic mass is 9.89. The van der Waals surface area contributed by atoms with Gasteiger partial charge >= 0.3 is 12.0 Å². The fourth-order valence-electron chi connectivity index (χ4n) is 3.89. The van der Waals surface area contributed by atoms with E-state index >= 15 is 0 Å². The normalized spacial score (nSPS) is 12.2. The Morgan fingerprint density at radius 3 is 2.13 bits per heavy atom. The van der Waals surface area contributed by atoms with Crippen molar-refractivity contribution >= 4 is 41.1 Å². The van der Waals surface area contributed by atoms with Crippen molar-refractivity contribution in [2.24, 2.45) is 17.6 Å². The number of nitrogens with two attached hydrogens (primary N) is 1. The van der Waals surface area contributed by atoms with E-state index in [9.17, 15) is 28.8 Å². The van der Waals surface area contributed by atoms with Crippen molar-refractivity contribution < 1.29 is 33.5 Å². The number of carbonyl (C=O) groups excluding carboxylic acids is 6. The quantitative estimate of drug-likeness (QED) is 0.162. The number of rotatable bonds is 18. The van der Waals surface area contributed by atoms with Gasteiger partial charge in [-0.15, -0.1) is 0 Å². The first-order valence-electron chi connectivity index (χ1n) is 13.3. The molecule has 4 amide bonds. The Morgan fingerprint density at radius 2 is 1.56 bits per heavy atom. The number of unbranched alkanes of at least 4 members (excludes halogenated alkanes) is 1. The number of benzene rings is 1. The molecule has 0 fully saturated rings. The average Bonchev–Trinajstić information content (AvgIpc) is 2.85. The first kappa shape index (κ1) is 33.3. The lowest BCUT2D eigenvalue weighted by Gasteiger charge is -2.24. The number of nitrogens with one attached hydrogen (secondary N) is 3. The second-order valence-electron chi connectivity index (χ2n) is 9.97. The van der Waals surface area contributed by atoms with Gasteiger partial charge in [0.25, 0.3) is 0 Å². The maximum atomic E-state index is 13.2. The lowest BCUT2D eigenvalue weighted by molar-refractivity contribution is -0.142. The van der Waals surface area contributed by atoms with Crippen molar-refractivity contribution in [2.75, 3.05) is 11.9 Å². The highest BCUT2D eigenvalue weighted by Gasteiger charge is 2.29. The van der Waals surface area contributed by atoms with Gasteiger partial charge < -0.3 is 31.2 Å². The number of esters is 1. The van der Waals surface area contributed by atoms with Gasteiger partial charge in [0.2, 0.25) is 11.8 Å². The predicted molar refractivity (Wildman–Crippen MR) is 146 cm³/mol. The largest absolute Gasteiger partial charge is 0.461 e. The number of hydrogen-bond acceptors (Lipinski definition) is 7. The highest BCUT2D eigenvalue weighted by atomic mass is 16.5. The van der Waals surface area contributed by atoms with Crippen LogP contribution >= 0.6 is 0 Å². The summed E-state index contributed by atoms with van der Waals surface area (Å²) in [6, 6.07) is 5.35. The summed E-state index contributed by atoms with van der Waals surface area (Å²) in [7, 11) is 0. The van der Waals surface area contributed by atoms with Crippen LogP contribution in [0.25, 0.3) is 0 Å². The molecular formula is C28H42N4O7. The van der Waals surface area contributed by atoms with E-state index in [0.29, 0.717) is 37.8 Å². The number of Topliss-reactive ketones (excluding diaryl/α,β-unsaturated/α-hetero) is 2. The van der Waals surface area contributed by atoms with E-state index in [-0.39, 0.29) is 55.3 Å². The SMILES string of the molecule is CC(=O)CCCCC(=O)N[C@H](C(=O)C[C@@H](CCCNC(N)=O)C(=O)Nc1ccc(COC(C)=O)cc1)C(C)C. The minimum atomic E-state index is -0.759. The minimum absolute atomic E-state index is 0.0685. The van der Waals surface area contributed by atoms with Crippen molar-refractivity contribution in [1.29, 1.82) is 0 Å². The molecule has 0 radical (unpaired) electrons. The molecule has 0 aliphatic carbocycles. The van der Waals surface area contributed by atoms with Crippen LogP contribution in [0.4, 0.5) is 10.5 Å². The topological polar surface area (TPSA) is 174 Å². The molecule has 11 nitrogen and oxygen atoms in total. The van der Waals surface area contributed by atoms with Crippen LogP contribution in [0.2, 0.25) is 0 Å². The summed E-state index contributed by atoms with van der Waals surface area (Å²) in [6.07, 6.45) is 2.41. The fraction of sp³-hybridized carbons (Fsp3) is 0.571. The molecule has 0 aromatic heterocycles. The minimum Gasteiger partial charge on any atom is -0.461 e. The number of amides is 4. The zero-order chi connectivity index (χ0) is 29.4. The smallest absolute Gasteiger partial charge is 0.312 e. The number of hydrogen-bond donors (Lipinski definition) is 4. The molecule has 0 aliphatic rings. The van der Waals surface area contributed by atoms with Crippen LogP contribution in [-0.4, -0.2) is 48.0 Å². The molecular weight excluding hydrogens is 504 g/mol. The van der Waals surface area contributed by atoms with Gasteiger partial charge in [-0.2, -0.15) is 0 Å². The molecule has 1 rings (SSSR count). The van der Waals surface area contributed by atoms with Crippen molar-refractivity contribution in [3.8, 4) is 0 Å². The third-order valence-corrected chi connectivity index (χ3v) is 6.02. The molecule has 0 saturated heterocycles. The van der Waals surface area contributed by atoms with Gasteiger partial charge in [0.1, 0.15) is 12.4 Å². The molecule has 2 atom stereocenters. The second kappa shape index (κ2) is 17.7. The Hall–Kier alpha value is -3.76. The predicted octanol–water partition coefficient (Wildman–Crippen LogP) is 3.00. The summed E-state index contributed by atoms with van der Waals surface area (Å²) < 4.78 is 4.96. The standard InChI is InChI=1S/C28H42N4O7/c1-18(2)26(32-25(36)10-6-5-8-19(3)33)24(35)16-22(9-7-15-30-28(29)38)27(37)31-23-13-11-21(12-14-23)17-39-20(4)34/h11-14,18,22,26H,5-10,15-17H2,1-4H3,(H,31,37)(H,32,36)(H3,29,30,38)/t22-,26+/m1/s1. The van der Waals surface area contributed by atoms with Crippen molar-refractivity contribution in [3.05, 3.63) is 29.8 Å². The van der Waals surface area contributed by atoms with Gasteiger partial charge in [0.05, 0.1) is 6.04 Å². The summed E-state index contributed by atoms with van der Waals surface area (Å²) in [5.74, 6) is -2.13. The van der Waals surface area contributed by atoms with Gasteiger partial charge in [-0.3, -0.25) is 19.2 Å². The Morgan fingerprint density at radius 1 is 0.923 bits per heavy atom. The zero-order valence-corrected chi connectivity index (χ0v) is 23.3. The number of ketones is 2. The van der Waals surface area contributed by atoms with Crippen molar-refractivity contribution in [3.63, 3.8) is 0 Å². The molecule has 0 saturated carbocycles. The Bertz CT molecular complexity index is 992. The summed E-state index contributed by atoms with van der Waals surface area (Å²) in [6.45, 7) is 6.84. The van der Waals surface area contributed by atoms with Crippen LogP contribution in [0.5, 0.6) is 0 Å². The molecule has 39 heavy (non-hydrogen) atoms. The molecule has 1 aromatic rings. The van der Waals surface area contributed by atoms with Crippen LogP contribution in [-0.2, 0) is 35.3 Å². The number of primary amides is 1. The van der Waals surface area contributed by atoms with Gasteiger partial charge in [-0.25, -0.2) is 4.79 Å². The fourth-order valence-corrected chi connectivity index (χ4v) is 3.89. The highest BCUT2D eigenvalue weighted by molar-refractivity contribution is 5.97. The molecule has 216 valence electrons. The highest BCUT2D eigenvalue weighted by Crippen LogP contribution is 2.19. The number of anilines is 1. The second-order valence-corrected chi connectivity index (χ2v) is 9.97. The number of urea groups is 1. The number of ether oxygens (including phenoxy) is 1. The van der Waals surface area contributed by atoms with Crippen LogP contribution < -0.4 is 21.7 Å². The first-order valence-corrected chi connectivity index (χ1v) is 13.3. The molecule has 0 aliphatic heterocycles. The monoisotopic (exact) mass is 546 g/mol. The number of carbonyl (C=O) groups is 6. The van der Waals surface area contributed by atoms with Gasteiger partial charge in [0, 0.05) is 44.3 Å². The summed E-state index contributed by atoms with van der Waals surface area (Å²) >= 11 is 0. The maximum absolute atomic E-state index is 13.2. The Balaban J connectivity index is 2.86. The molecule has 0 spiro atoms. The van der Waals surface area contributed by atoms with Crippen LogP contribution in [0, 0.1) is 11.8 Å². The van der Waals surface area contributed by atoms with Crippen molar-refractivity contribution in [2.45, 2.75) is 85.3 Å². The van der Waals surface area contributed by atoms with Crippen LogP contribution in [0.3, 0.4) is 0 Å². The molecule has 5 N–H and O–H groups in total. The van der Waals surface area contributed by atoms with Gasteiger partial charge in [0.15, 0.2) is 5.78 Å². The molecule has 11 heteroatoms. The van der Waals surface area contributed by atoms with E-state index in [0.717, 1.165) is 5.56 Å². The van der Waals surface area contributed by atoms with E-state index in [2.05, 4.69) is 16.0 Å². The Labute approximate surface area is 230 Å². The average molecular weight is 547 g/mol. The summed E-state index contributed by atoms with van der Waals surface area (Å²) in [5.41, 5.74) is 6.38. The first-order chi connectivity index (χ1) is 18.4. The molecule has 0 unspecified atom stereocenters. The Kier molecular flexibility index (Phi) is 15.1. The third kappa shape index (κ3) is 14.7. The van der Waals surface area contributed by atoms with Crippen LogP contribution in [0.1, 0.15) is 78.2 Å². The van der Waals surface area contributed by atoms with Gasteiger partial charge in [-0.05, 0) is 56.2 Å². The molecule has 1 aromatic carbocycles. The molecule has 0 heterocycles. The van der Waals surface area contributed by atoms with E-state index in [1.807, 2.05) is 13.8 Å². The van der Waals surface area contributed by atoms with E-state index in [4.69, 9.17) is 10.5 Å². The van der Waals surface area contributed by atoms with E-state index < -0.39 is 24.0 Å². The maximum Gasteiger partial charge on any atom is 0.312 e. The van der Waals surface area contributed by atoms with E-state index in [1.165, 1.54) is 13.8 Å². The lowest BCUT2D eigenvalue weighted by Crippen LogP contribution is -2.45. The van der Waals surface area contributed by atoms with Crippen molar-refractivity contribution in [1.82, 2.24) is 10.6 Å².